The monoisotopic (exact) mass is 416 g/mol. The molecule has 3 aliphatic rings. The molecule has 0 aromatic heterocycles. The summed E-state index contributed by atoms with van der Waals surface area (Å²) in [5, 5.41) is 2.65. The number of benzene rings is 1. The fourth-order valence-electron chi connectivity index (χ4n) is 4.18. The Bertz CT molecular complexity index is 860. The summed E-state index contributed by atoms with van der Waals surface area (Å²) in [7, 11) is 0. The van der Waals surface area contributed by atoms with Gasteiger partial charge >= 0.3 is 5.97 Å². The zero-order valence-electron chi connectivity index (χ0n) is 16.7. The molecule has 9 heteroatoms. The highest BCUT2D eigenvalue weighted by Gasteiger charge is 2.47. The Hall–Kier alpha value is -3.10. The first-order chi connectivity index (χ1) is 14.4. The number of imide groups is 1. The molecule has 1 saturated carbocycles. The van der Waals surface area contributed by atoms with Crippen LogP contribution in [0.15, 0.2) is 18.2 Å². The fraction of sp³-hybridized carbons (Fsp3) is 0.524. The van der Waals surface area contributed by atoms with Crippen molar-refractivity contribution >= 4 is 29.4 Å². The van der Waals surface area contributed by atoms with Crippen molar-refractivity contribution in [1.82, 2.24) is 4.90 Å². The van der Waals surface area contributed by atoms with Crippen LogP contribution in [-0.2, 0) is 23.9 Å². The van der Waals surface area contributed by atoms with Gasteiger partial charge in [0.1, 0.15) is 0 Å². The Labute approximate surface area is 173 Å². The number of carbonyl (C=O) groups excluding carboxylic acids is 4. The van der Waals surface area contributed by atoms with Gasteiger partial charge in [0.2, 0.25) is 18.6 Å². The minimum atomic E-state index is -1.03. The third kappa shape index (κ3) is 3.96. The molecule has 0 unspecified atom stereocenters. The van der Waals surface area contributed by atoms with E-state index >= 15 is 0 Å². The van der Waals surface area contributed by atoms with Gasteiger partial charge in [-0.05, 0) is 31.9 Å². The number of nitrogens with one attached hydrogen (secondary N) is 1. The SMILES string of the molecule is C[C@H](OC(=O)CCN1C(=O)[C@H]2CCCC[C@H]2C1=O)C(=O)Nc1ccc2c(c1)OCO2. The molecule has 30 heavy (non-hydrogen) atoms. The topological polar surface area (TPSA) is 111 Å². The molecule has 3 atom stereocenters. The summed E-state index contributed by atoms with van der Waals surface area (Å²) in [6, 6.07) is 4.96. The van der Waals surface area contributed by atoms with Crippen molar-refractivity contribution in [3.63, 3.8) is 0 Å². The van der Waals surface area contributed by atoms with Crippen LogP contribution >= 0.6 is 0 Å². The van der Waals surface area contributed by atoms with Crippen LogP contribution in [0.3, 0.4) is 0 Å². The van der Waals surface area contributed by atoms with Gasteiger partial charge in [0.25, 0.3) is 5.91 Å². The summed E-state index contributed by atoms with van der Waals surface area (Å²) in [5.74, 6) is -0.879. The van der Waals surface area contributed by atoms with Crippen molar-refractivity contribution in [1.29, 1.82) is 0 Å². The molecule has 9 nitrogen and oxygen atoms in total. The number of esters is 1. The normalized spacial score (nSPS) is 23.2. The Morgan fingerprint density at radius 1 is 1.13 bits per heavy atom. The molecule has 1 aliphatic carbocycles. The van der Waals surface area contributed by atoms with Gasteiger partial charge in [0, 0.05) is 18.3 Å². The summed E-state index contributed by atoms with van der Waals surface area (Å²) in [4.78, 5) is 50.5. The molecule has 0 radical (unpaired) electrons. The minimum Gasteiger partial charge on any atom is -0.454 e. The molecular weight excluding hydrogens is 392 g/mol. The highest BCUT2D eigenvalue weighted by Crippen LogP contribution is 2.38. The van der Waals surface area contributed by atoms with Crippen LogP contribution in [0.2, 0.25) is 0 Å². The number of nitrogens with zero attached hydrogens (tertiary/aromatic N) is 1. The number of carbonyl (C=O) groups is 4. The first-order valence-electron chi connectivity index (χ1n) is 10.2. The minimum absolute atomic E-state index is 0.0139. The second-order valence-corrected chi connectivity index (χ2v) is 7.76. The number of fused-ring (bicyclic) bond motifs is 2. The van der Waals surface area contributed by atoms with Crippen molar-refractivity contribution in [2.45, 2.75) is 45.1 Å². The number of likely N-dealkylation sites (tertiary alicyclic amines) is 1. The van der Waals surface area contributed by atoms with Gasteiger partial charge in [-0.15, -0.1) is 0 Å². The lowest BCUT2D eigenvalue weighted by Crippen LogP contribution is -2.35. The molecule has 1 aromatic carbocycles. The second-order valence-electron chi connectivity index (χ2n) is 7.76. The second kappa shape index (κ2) is 8.33. The van der Waals surface area contributed by atoms with Crippen molar-refractivity contribution in [3.8, 4) is 11.5 Å². The van der Waals surface area contributed by atoms with Crippen molar-refractivity contribution in [3.05, 3.63) is 18.2 Å². The van der Waals surface area contributed by atoms with Crippen LogP contribution < -0.4 is 14.8 Å². The van der Waals surface area contributed by atoms with Crippen LogP contribution in [0.25, 0.3) is 0 Å². The molecule has 2 fully saturated rings. The molecule has 160 valence electrons. The van der Waals surface area contributed by atoms with Gasteiger partial charge in [0.15, 0.2) is 17.6 Å². The van der Waals surface area contributed by atoms with Crippen LogP contribution in [0.4, 0.5) is 5.69 Å². The number of amides is 3. The largest absolute Gasteiger partial charge is 0.454 e. The molecule has 2 aliphatic heterocycles. The van der Waals surface area contributed by atoms with Crippen molar-refractivity contribution < 1.29 is 33.4 Å². The van der Waals surface area contributed by atoms with E-state index in [1.165, 1.54) is 11.8 Å². The van der Waals surface area contributed by atoms with Gasteiger partial charge < -0.3 is 19.5 Å². The maximum atomic E-state index is 12.4. The van der Waals surface area contributed by atoms with Gasteiger partial charge in [-0.2, -0.15) is 0 Å². The number of anilines is 1. The van der Waals surface area contributed by atoms with Crippen LogP contribution in [0, 0.1) is 11.8 Å². The van der Waals surface area contributed by atoms with Crippen LogP contribution in [0.1, 0.15) is 39.0 Å². The lowest BCUT2D eigenvalue weighted by Gasteiger charge is -2.19. The van der Waals surface area contributed by atoms with E-state index in [1.54, 1.807) is 18.2 Å². The van der Waals surface area contributed by atoms with Gasteiger partial charge in [-0.3, -0.25) is 24.1 Å². The first-order valence-corrected chi connectivity index (χ1v) is 10.2. The zero-order valence-corrected chi connectivity index (χ0v) is 16.7. The van der Waals surface area contributed by atoms with Gasteiger partial charge in [0.05, 0.1) is 18.3 Å². The van der Waals surface area contributed by atoms with Crippen molar-refractivity contribution in [2.24, 2.45) is 11.8 Å². The fourth-order valence-corrected chi connectivity index (χ4v) is 4.18. The van der Waals surface area contributed by atoms with E-state index in [9.17, 15) is 19.2 Å². The van der Waals surface area contributed by atoms with E-state index in [4.69, 9.17) is 14.2 Å². The zero-order chi connectivity index (χ0) is 21.3. The van der Waals surface area contributed by atoms with E-state index in [0.717, 1.165) is 25.7 Å². The lowest BCUT2D eigenvalue weighted by atomic mass is 9.81. The molecule has 4 rings (SSSR count). The van der Waals surface area contributed by atoms with E-state index in [0.29, 0.717) is 17.2 Å². The summed E-state index contributed by atoms with van der Waals surface area (Å²) >= 11 is 0. The molecular formula is C21H24N2O7. The summed E-state index contributed by atoms with van der Waals surface area (Å²) in [5.41, 5.74) is 0.489. The molecule has 1 N–H and O–H groups in total. The lowest BCUT2D eigenvalue weighted by molar-refractivity contribution is -0.154. The first kappa shape index (κ1) is 20.2. The average Bonchev–Trinajstić information content (AvgIpc) is 3.29. The third-order valence-corrected chi connectivity index (χ3v) is 5.79. The van der Waals surface area contributed by atoms with Gasteiger partial charge in [-0.25, -0.2) is 0 Å². The molecule has 0 bridgehead atoms. The highest BCUT2D eigenvalue weighted by atomic mass is 16.7. The number of ether oxygens (including phenoxy) is 3. The van der Waals surface area contributed by atoms with Crippen LogP contribution in [-0.4, -0.2) is 48.0 Å². The highest BCUT2D eigenvalue weighted by molar-refractivity contribution is 6.05. The number of hydrogen-bond donors (Lipinski definition) is 1. The predicted octanol–water partition coefficient (Wildman–Crippen LogP) is 1.85. The molecule has 2 heterocycles. The predicted molar refractivity (Wildman–Crippen MR) is 104 cm³/mol. The molecule has 0 spiro atoms. The molecule has 3 amide bonds. The van der Waals surface area contributed by atoms with Gasteiger partial charge in [-0.1, -0.05) is 12.8 Å². The quantitative estimate of drug-likeness (QED) is 0.556. The number of hydrogen-bond acceptors (Lipinski definition) is 7. The number of rotatable bonds is 6. The Morgan fingerprint density at radius 3 is 2.50 bits per heavy atom. The summed E-state index contributed by atoms with van der Waals surface area (Å²) in [6.07, 6.45) is 2.19. The summed E-state index contributed by atoms with van der Waals surface area (Å²) in [6.45, 7) is 1.57. The standard InChI is InChI=1S/C21H24N2O7/c1-12(19(25)22-13-6-7-16-17(10-13)29-11-28-16)30-18(24)8-9-23-20(26)14-4-2-3-5-15(14)21(23)27/h6-7,10,12,14-15H,2-5,8-9,11H2,1H3,(H,22,25)/t12-,14-,15+/m0/s1. The average molecular weight is 416 g/mol. The molecule has 1 aromatic rings. The van der Waals surface area contributed by atoms with E-state index in [-0.39, 0.29) is 43.4 Å². The van der Waals surface area contributed by atoms with E-state index in [1.807, 2.05) is 0 Å². The molecule has 1 saturated heterocycles. The van der Waals surface area contributed by atoms with E-state index < -0.39 is 18.0 Å². The maximum Gasteiger partial charge on any atom is 0.308 e. The Kier molecular flexibility index (Phi) is 5.61. The smallest absolute Gasteiger partial charge is 0.308 e. The Balaban J connectivity index is 1.26. The maximum absolute atomic E-state index is 12.4. The summed E-state index contributed by atoms with van der Waals surface area (Å²) < 4.78 is 15.6. The van der Waals surface area contributed by atoms with Crippen molar-refractivity contribution in [2.75, 3.05) is 18.7 Å². The third-order valence-electron chi connectivity index (χ3n) is 5.79. The van der Waals surface area contributed by atoms with E-state index in [2.05, 4.69) is 5.32 Å². The van der Waals surface area contributed by atoms with Crippen LogP contribution in [0.5, 0.6) is 11.5 Å². The Morgan fingerprint density at radius 2 is 1.80 bits per heavy atom.